The highest BCUT2D eigenvalue weighted by molar-refractivity contribution is 5.99. The molecule has 0 atom stereocenters. The zero-order chi connectivity index (χ0) is 13.7. The Kier molecular flexibility index (Phi) is 4.03. The Bertz CT molecular complexity index is 564. The molecule has 1 aliphatic rings. The zero-order valence-electron chi connectivity index (χ0n) is 10.2. The van der Waals surface area contributed by atoms with Crippen molar-refractivity contribution in [2.24, 2.45) is 0 Å². The summed E-state index contributed by atoms with van der Waals surface area (Å²) in [5.74, 6) is 1.02. The number of rotatable bonds is 0. The molecule has 0 fully saturated rings. The van der Waals surface area contributed by atoms with Crippen molar-refractivity contribution in [3.8, 4) is 17.2 Å². The first kappa shape index (κ1) is 13.0. The van der Waals surface area contributed by atoms with Crippen molar-refractivity contribution in [3.63, 3.8) is 0 Å². The predicted octanol–water partition coefficient (Wildman–Crippen LogP) is 2.75. The second-order valence-corrected chi connectivity index (χ2v) is 4.04. The van der Waals surface area contributed by atoms with Crippen LogP contribution in [0, 0.1) is 0 Å². The van der Waals surface area contributed by atoms with E-state index in [4.69, 9.17) is 14.9 Å². The first-order valence-electron chi connectivity index (χ1n) is 5.90. The van der Waals surface area contributed by atoms with Crippen LogP contribution in [-0.2, 0) is 0 Å². The number of benzene rings is 2. The van der Waals surface area contributed by atoms with Crippen molar-refractivity contribution >= 4 is 5.78 Å². The lowest BCUT2D eigenvalue weighted by Crippen LogP contribution is -2.14. The van der Waals surface area contributed by atoms with E-state index >= 15 is 0 Å². The van der Waals surface area contributed by atoms with E-state index in [-0.39, 0.29) is 11.5 Å². The third-order valence-corrected chi connectivity index (χ3v) is 2.61. The number of ketones is 1. The number of hydrogen-bond acceptors (Lipinski definition) is 4. The minimum atomic E-state index is 0.0799. The van der Waals surface area contributed by atoms with Crippen molar-refractivity contribution in [2.75, 3.05) is 6.61 Å². The predicted molar refractivity (Wildman–Crippen MR) is 70.7 cm³/mol. The molecule has 0 spiro atoms. The average Bonchev–Trinajstić information content (AvgIpc) is 2.40. The lowest BCUT2D eigenvalue weighted by Gasteiger charge is -2.15. The van der Waals surface area contributed by atoms with Crippen LogP contribution in [0.2, 0.25) is 0 Å². The van der Waals surface area contributed by atoms with Gasteiger partial charge in [-0.2, -0.15) is 0 Å². The van der Waals surface area contributed by atoms with Crippen molar-refractivity contribution in [3.05, 3.63) is 54.1 Å². The molecule has 0 aromatic heterocycles. The fourth-order valence-electron chi connectivity index (χ4n) is 1.68. The number of carbonyl (C=O) groups excluding carboxylic acids is 1. The van der Waals surface area contributed by atoms with Crippen molar-refractivity contribution in [1.29, 1.82) is 0 Å². The lowest BCUT2D eigenvalue weighted by molar-refractivity contribution is 0.0933. The van der Waals surface area contributed by atoms with Gasteiger partial charge in [0.1, 0.15) is 17.2 Å². The number of ether oxygens (including phenoxy) is 1. The highest BCUT2D eigenvalue weighted by Crippen LogP contribution is 2.28. The van der Waals surface area contributed by atoms with Gasteiger partial charge in [0.15, 0.2) is 5.78 Å². The Labute approximate surface area is 110 Å². The van der Waals surface area contributed by atoms with Gasteiger partial charge in [-0.15, -0.1) is 0 Å². The molecule has 0 bridgehead atoms. The van der Waals surface area contributed by atoms with Crippen LogP contribution in [0.3, 0.4) is 0 Å². The summed E-state index contributed by atoms with van der Waals surface area (Å²) < 4.78 is 5.19. The molecule has 4 nitrogen and oxygen atoms in total. The molecule has 0 saturated heterocycles. The number of hydrogen-bond donors (Lipinski definition) is 2. The van der Waals surface area contributed by atoms with Crippen molar-refractivity contribution in [2.45, 2.75) is 6.42 Å². The van der Waals surface area contributed by atoms with E-state index in [9.17, 15) is 4.79 Å². The number of fused-ring (bicyclic) bond motifs is 1. The Hall–Kier alpha value is -2.49. The molecule has 0 radical (unpaired) electrons. The molecule has 0 saturated carbocycles. The molecule has 0 amide bonds. The third kappa shape index (κ3) is 3.48. The van der Waals surface area contributed by atoms with Crippen molar-refractivity contribution in [1.82, 2.24) is 0 Å². The van der Waals surface area contributed by atoms with Crippen LogP contribution in [-0.4, -0.2) is 22.6 Å². The normalized spacial score (nSPS) is 12.7. The van der Waals surface area contributed by atoms with Crippen LogP contribution >= 0.6 is 0 Å². The van der Waals surface area contributed by atoms with E-state index in [1.807, 2.05) is 6.07 Å². The molecule has 1 aliphatic heterocycles. The molecule has 98 valence electrons. The maximum absolute atomic E-state index is 11.2. The summed E-state index contributed by atoms with van der Waals surface area (Å²) in [7, 11) is 0. The molecule has 0 aliphatic carbocycles. The summed E-state index contributed by atoms with van der Waals surface area (Å²) in [6.07, 6.45) is 0.428. The first-order chi connectivity index (χ1) is 9.16. The topological polar surface area (TPSA) is 66.8 Å². The van der Waals surface area contributed by atoms with E-state index in [0.29, 0.717) is 30.1 Å². The highest BCUT2D eigenvalue weighted by Gasteiger charge is 2.17. The van der Waals surface area contributed by atoms with E-state index in [2.05, 4.69) is 0 Å². The Morgan fingerprint density at radius 2 is 1.68 bits per heavy atom. The average molecular weight is 258 g/mol. The monoisotopic (exact) mass is 258 g/mol. The number of carbonyl (C=O) groups is 1. The van der Waals surface area contributed by atoms with Gasteiger partial charge in [-0.1, -0.05) is 18.2 Å². The molecule has 1 heterocycles. The summed E-state index contributed by atoms with van der Waals surface area (Å²) in [6, 6.07) is 13.3. The number of Topliss-reactive ketones (excluding diaryl/α,β-unsaturated/α-hetero) is 1. The fraction of sp³-hybridized carbons (Fsp3) is 0.133. The maximum Gasteiger partial charge on any atom is 0.169 e. The quantitative estimate of drug-likeness (QED) is 0.762. The minimum Gasteiger partial charge on any atom is -0.508 e. The van der Waals surface area contributed by atoms with E-state index < -0.39 is 0 Å². The summed E-state index contributed by atoms with van der Waals surface area (Å²) in [6.45, 7) is 0.412. The molecule has 0 unspecified atom stereocenters. The number of phenolic OH excluding ortho intramolecular Hbond substituents is 2. The molecule has 4 heteroatoms. The van der Waals surface area contributed by atoms with Gasteiger partial charge in [-0.3, -0.25) is 4.79 Å². The number of para-hydroxylation sites is 1. The molecule has 2 aromatic carbocycles. The Balaban J connectivity index is 0.000000163. The maximum atomic E-state index is 11.2. The van der Waals surface area contributed by atoms with Crippen LogP contribution in [0.1, 0.15) is 16.8 Å². The highest BCUT2D eigenvalue weighted by atomic mass is 16.5. The second kappa shape index (κ2) is 5.91. The minimum absolute atomic E-state index is 0.0799. The lowest BCUT2D eigenvalue weighted by atomic mass is 10.1. The molecular formula is C15H14O4. The van der Waals surface area contributed by atoms with Gasteiger partial charge in [-0.05, 0) is 24.3 Å². The largest absolute Gasteiger partial charge is 0.508 e. The molecule has 3 rings (SSSR count). The number of aromatic hydroxyl groups is 2. The van der Waals surface area contributed by atoms with Crippen LogP contribution in [0.15, 0.2) is 48.5 Å². The first-order valence-corrected chi connectivity index (χ1v) is 5.90. The summed E-state index contributed by atoms with van der Waals surface area (Å²) in [5.41, 5.74) is 0.569. The summed E-state index contributed by atoms with van der Waals surface area (Å²) in [4.78, 5) is 11.2. The van der Waals surface area contributed by atoms with Gasteiger partial charge in [0.2, 0.25) is 0 Å². The van der Waals surface area contributed by atoms with Crippen LogP contribution in [0.5, 0.6) is 17.2 Å². The van der Waals surface area contributed by atoms with Crippen molar-refractivity contribution < 1.29 is 19.7 Å². The van der Waals surface area contributed by atoms with Gasteiger partial charge >= 0.3 is 0 Å². The van der Waals surface area contributed by atoms with Crippen LogP contribution in [0.25, 0.3) is 0 Å². The zero-order valence-corrected chi connectivity index (χ0v) is 10.2. The summed E-state index contributed by atoms with van der Waals surface area (Å²) >= 11 is 0. The van der Waals surface area contributed by atoms with Gasteiger partial charge in [0, 0.05) is 12.5 Å². The Morgan fingerprint density at radius 1 is 0.947 bits per heavy atom. The molecule has 2 N–H and O–H groups in total. The van der Waals surface area contributed by atoms with E-state index in [1.165, 1.54) is 12.1 Å². The number of phenols is 2. The standard InChI is InChI=1S/C9H8O3.C6H6O/c10-6-1-2-7-8(11)3-4-12-9(7)5-6;7-6-4-2-1-3-5-6/h1-2,5,10H,3-4H2;1-5,7H. The van der Waals surface area contributed by atoms with Gasteiger partial charge in [-0.25, -0.2) is 0 Å². The fourth-order valence-corrected chi connectivity index (χ4v) is 1.68. The van der Waals surface area contributed by atoms with E-state index in [1.54, 1.807) is 30.3 Å². The SMILES string of the molecule is O=C1CCOc2cc(O)ccc21.Oc1ccccc1. The van der Waals surface area contributed by atoms with Gasteiger partial charge in [0.25, 0.3) is 0 Å². The Morgan fingerprint density at radius 3 is 2.32 bits per heavy atom. The molecule has 2 aromatic rings. The van der Waals surface area contributed by atoms with Crippen LogP contribution < -0.4 is 4.74 Å². The van der Waals surface area contributed by atoms with E-state index in [0.717, 1.165) is 0 Å². The molecule has 19 heavy (non-hydrogen) atoms. The summed E-state index contributed by atoms with van der Waals surface area (Å²) in [5, 5.41) is 17.7. The molecular weight excluding hydrogens is 244 g/mol. The third-order valence-electron chi connectivity index (χ3n) is 2.61. The van der Waals surface area contributed by atoms with Gasteiger partial charge in [0.05, 0.1) is 12.2 Å². The smallest absolute Gasteiger partial charge is 0.169 e. The van der Waals surface area contributed by atoms with Crippen LogP contribution in [0.4, 0.5) is 0 Å². The van der Waals surface area contributed by atoms with Gasteiger partial charge < -0.3 is 14.9 Å². The second-order valence-electron chi connectivity index (χ2n) is 4.04.